The molecule has 0 saturated heterocycles. The molecule has 2 rings (SSSR count). The number of anilines is 1. The second-order valence-electron chi connectivity index (χ2n) is 5.31. The van der Waals surface area contributed by atoms with Crippen LogP contribution in [0, 0.1) is 5.82 Å². The number of hydrogen-bond acceptors (Lipinski definition) is 2. The fraction of sp³-hybridized carbons (Fsp3) is 0.500. The average Bonchev–Trinajstić information content (AvgIpc) is 2.28. The van der Waals surface area contributed by atoms with Crippen molar-refractivity contribution in [3.8, 4) is 0 Å². The van der Waals surface area contributed by atoms with Gasteiger partial charge in [0.25, 0.3) is 5.91 Å². The van der Waals surface area contributed by atoms with Gasteiger partial charge in [-0.05, 0) is 38.0 Å². The smallest absolute Gasteiger partial charge is 0.254 e. The van der Waals surface area contributed by atoms with Gasteiger partial charge in [-0.25, -0.2) is 4.39 Å². The topological polar surface area (TPSA) is 55.1 Å². The number of hydrogen-bond donors (Lipinski definition) is 2. The number of rotatable bonds is 2. The van der Waals surface area contributed by atoms with Gasteiger partial charge in [-0.3, -0.25) is 4.79 Å². The number of nitrogen functional groups attached to an aromatic ring is 1. The first-order valence-corrected chi connectivity index (χ1v) is 6.38. The van der Waals surface area contributed by atoms with E-state index in [0.29, 0.717) is 5.69 Å². The lowest BCUT2D eigenvalue weighted by Gasteiger charge is -2.34. The van der Waals surface area contributed by atoms with Gasteiger partial charge in [-0.1, -0.05) is 19.3 Å². The molecule has 0 spiro atoms. The van der Waals surface area contributed by atoms with Gasteiger partial charge in [0.05, 0.1) is 5.56 Å². The van der Waals surface area contributed by atoms with Gasteiger partial charge >= 0.3 is 0 Å². The molecular formula is C14H19FN2O. The molecule has 0 radical (unpaired) electrons. The molecule has 0 bridgehead atoms. The minimum Gasteiger partial charge on any atom is -0.399 e. The molecule has 98 valence electrons. The van der Waals surface area contributed by atoms with Crippen LogP contribution < -0.4 is 11.1 Å². The van der Waals surface area contributed by atoms with Gasteiger partial charge in [-0.15, -0.1) is 0 Å². The molecule has 1 aliphatic carbocycles. The molecule has 4 heteroatoms. The van der Waals surface area contributed by atoms with E-state index in [1.807, 2.05) is 6.92 Å². The molecule has 1 fully saturated rings. The monoisotopic (exact) mass is 250 g/mol. The second kappa shape index (κ2) is 4.96. The van der Waals surface area contributed by atoms with Crippen molar-refractivity contribution in [1.29, 1.82) is 0 Å². The van der Waals surface area contributed by atoms with Crippen LogP contribution in [0.3, 0.4) is 0 Å². The van der Waals surface area contributed by atoms with Gasteiger partial charge in [0.2, 0.25) is 0 Å². The first-order valence-electron chi connectivity index (χ1n) is 6.38. The summed E-state index contributed by atoms with van der Waals surface area (Å²) < 4.78 is 13.6. The summed E-state index contributed by atoms with van der Waals surface area (Å²) in [5.41, 5.74) is 5.65. The molecule has 3 nitrogen and oxygen atoms in total. The third-order valence-electron chi connectivity index (χ3n) is 3.61. The maximum absolute atomic E-state index is 13.6. The van der Waals surface area contributed by atoms with Crippen LogP contribution in [0.1, 0.15) is 49.4 Å². The van der Waals surface area contributed by atoms with Crippen molar-refractivity contribution >= 4 is 11.6 Å². The molecule has 0 unspecified atom stereocenters. The van der Waals surface area contributed by atoms with Gasteiger partial charge in [-0.2, -0.15) is 0 Å². The molecule has 18 heavy (non-hydrogen) atoms. The van der Waals surface area contributed by atoms with Gasteiger partial charge < -0.3 is 11.1 Å². The summed E-state index contributed by atoms with van der Waals surface area (Å²) in [6.45, 7) is 2.03. The summed E-state index contributed by atoms with van der Waals surface area (Å²) in [5.74, 6) is -0.913. The number of carbonyl (C=O) groups is 1. The fourth-order valence-corrected chi connectivity index (χ4v) is 2.51. The normalized spacial score (nSPS) is 18.3. The first kappa shape index (κ1) is 12.9. The quantitative estimate of drug-likeness (QED) is 0.793. The Morgan fingerprint density at radius 3 is 2.61 bits per heavy atom. The summed E-state index contributed by atoms with van der Waals surface area (Å²) in [4.78, 5) is 12.1. The summed E-state index contributed by atoms with van der Waals surface area (Å²) in [5, 5.41) is 2.95. The van der Waals surface area contributed by atoms with Crippen LogP contribution in [-0.2, 0) is 0 Å². The highest BCUT2D eigenvalue weighted by molar-refractivity contribution is 5.95. The molecule has 0 aromatic heterocycles. The first-order chi connectivity index (χ1) is 8.50. The Bertz CT molecular complexity index is 453. The third kappa shape index (κ3) is 2.81. The summed E-state index contributed by atoms with van der Waals surface area (Å²) >= 11 is 0. The molecule has 3 N–H and O–H groups in total. The van der Waals surface area contributed by atoms with E-state index in [1.165, 1.54) is 18.6 Å². The van der Waals surface area contributed by atoms with Gasteiger partial charge in [0.15, 0.2) is 0 Å². The Kier molecular flexibility index (Phi) is 3.55. The van der Waals surface area contributed by atoms with Crippen molar-refractivity contribution in [1.82, 2.24) is 5.32 Å². The number of nitrogens with two attached hydrogens (primary N) is 1. The fourth-order valence-electron chi connectivity index (χ4n) is 2.51. The molecule has 1 aliphatic rings. The number of carbonyl (C=O) groups excluding carboxylic acids is 1. The minimum atomic E-state index is -0.563. The van der Waals surface area contributed by atoms with Gasteiger partial charge in [0, 0.05) is 11.2 Å². The molecule has 0 aliphatic heterocycles. The lowest BCUT2D eigenvalue weighted by Crippen LogP contribution is -2.47. The van der Waals surface area contributed by atoms with Crippen molar-refractivity contribution in [2.75, 3.05) is 5.73 Å². The Balaban J connectivity index is 2.11. The van der Waals surface area contributed by atoms with Crippen molar-refractivity contribution in [2.24, 2.45) is 0 Å². The molecule has 1 aromatic rings. The average molecular weight is 250 g/mol. The van der Waals surface area contributed by atoms with Crippen LogP contribution in [0.4, 0.5) is 10.1 Å². The van der Waals surface area contributed by atoms with E-state index in [2.05, 4.69) is 5.32 Å². The zero-order chi connectivity index (χ0) is 13.2. The second-order valence-corrected chi connectivity index (χ2v) is 5.31. The van der Waals surface area contributed by atoms with Crippen molar-refractivity contribution < 1.29 is 9.18 Å². The SMILES string of the molecule is CC1(NC(=O)c2ccc(N)cc2F)CCCCC1. The maximum Gasteiger partial charge on any atom is 0.254 e. The Hall–Kier alpha value is -1.58. The largest absolute Gasteiger partial charge is 0.399 e. The van der Waals surface area contributed by atoms with Crippen LogP contribution in [0.15, 0.2) is 18.2 Å². The third-order valence-corrected chi connectivity index (χ3v) is 3.61. The maximum atomic E-state index is 13.6. The highest BCUT2D eigenvalue weighted by Gasteiger charge is 2.29. The zero-order valence-electron chi connectivity index (χ0n) is 10.6. The summed E-state index contributed by atoms with van der Waals surface area (Å²) in [6, 6.07) is 4.16. The lowest BCUT2D eigenvalue weighted by molar-refractivity contribution is 0.0878. The van der Waals surface area contributed by atoms with E-state index in [9.17, 15) is 9.18 Å². The van der Waals surface area contributed by atoms with Crippen molar-refractivity contribution in [3.05, 3.63) is 29.6 Å². The van der Waals surface area contributed by atoms with E-state index in [4.69, 9.17) is 5.73 Å². The van der Waals surface area contributed by atoms with Crippen LogP contribution in [-0.4, -0.2) is 11.4 Å². The number of halogens is 1. The van der Waals surface area contributed by atoms with Crippen LogP contribution in [0.5, 0.6) is 0 Å². The van der Waals surface area contributed by atoms with E-state index < -0.39 is 5.82 Å². The van der Waals surface area contributed by atoms with Crippen molar-refractivity contribution in [2.45, 2.75) is 44.6 Å². The van der Waals surface area contributed by atoms with E-state index in [-0.39, 0.29) is 17.0 Å². The van der Waals surface area contributed by atoms with E-state index in [1.54, 1.807) is 6.07 Å². The highest BCUT2D eigenvalue weighted by atomic mass is 19.1. The minimum absolute atomic E-state index is 0.0657. The molecule has 1 saturated carbocycles. The van der Waals surface area contributed by atoms with E-state index >= 15 is 0 Å². The zero-order valence-corrected chi connectivity index (χ0v) is 10.6. The molecule has 1 aromatic carbocycles. The van der Waals surface area contributed by atoms with Crippen LogP contribution in [0.2, 0.25) is 0 Å². The van der Waals surface area contributed by atoms with Gasteiger partial charge in [0.1, 0.15) is 5.82 Å². The Morgan fingerprint density at radius 2 is 2.00 bits per heavy atom. The Labute approximate surface area is 107 Å². The van der Waals surface area contributed by atoms with Crippen LogP contribution in [0.25, 0.3) is 0 Å². The summed E-state index contributed by atoms with van der Waals surface area (Å²) in [6.07, 6.45) is 5.34. The number of amides is 1. The number of benzene rings is 1. The Morgan fingerprint density at radius 1 is 1.33 bits per heavy atom. The highest BCUT2D eigenvalue weighted by Crippen LogP contribution is 2.28. The molecule has 0 heterocycles. The summed E-state index contributed by atoms with van der Waals surface area (Å²) in [7, 11) is 0. The van der Waals surface area contributed by atoms with Crippen molar-refractivity contribution in [3.63, 3.8) is 0 Å². The predicted molar refractivity (Wildman–Crippen MR) is 69.8 cm³/mol. The van der Waals surface area contributed by atoms with Crippen LogP contribution >= 0.6 is 0 Å². The molecular weight excluding hydrogens is 231 g/mol. The molecule has 0 atom stereocenters. The molecule has 1 amide bonds. The predicted octanol–water partition coefficient (Wildman–Crippen LogP) is 2.86. The standard InChI is InChI=1S/C14H19FN2O/c1-14(7-3-2-4-8-14)17-13(18)11-6-5-10(16)9-12(11)15/h5-6,9H,2-4,7-8,16H2,1H3,(H,17,18). The van der Waals surface area contributed by atoms with E-state index in [0.717, 1.165) is 25.7 Å². The number of nitrogens with one attached hydrogen (secondary N) is 1. The lowest BCUT2D eigenvalue weighted by atomic mass is 9.83.